The highest BCUT2D eigenvalue weighted by atomic mass is 35.5. The van der Waals surface area contributed by atoms with Gasteiger partial charge in [0.15, 0.2) is 5.82 Å². The highest BCUT2D eigenvalue weighted by Crippen LogP contribution is 2.21. The van der Waals surface area contributed by atoms with Gasteiger partial charge in [-0.15, -0.1) is 0 Å². The number of aromatic amines is 1. The molecule has 6 heteroatoms. The second-order valence-corrected chi connectivity index (χ2v) is 5.40. The zero-order chi connectivity index (χ0) is 15.5. The van der Waals surface area contributed by atoms with Crippen molar-refractivity contribution < 1.29 is 4.39 Å². The normalized spacial score (nSPS) is 10.8. The van der Waals surface area contributed by atoms with Crippen LogP contribution < -0.4 is 5.73 Å². The molecule has 0 aliphatic rings. The Morgan fingerprint density at radius 2 is 1.86 bits per heavy atom. The fourth-order valence-corrected chi connectivity index (χ4v) is 2.41. The minimum atomic E-state index is -0.350. The van der Waals surface area contributed by atoms with Crippen LogP contribution in [0.3, 0.4) is 0 Å². The van der Waals surface area contributed by atoms with Crippen LogP contribution in [-0.4, -0.2) is 15.2 Å². The first-order valence-corrected chi connectivity index (χ1v) is 7.17. The molecule has 0 spiro atoms. The maximum atomic E-state index is 13.8. The first-order valence-electron chi connectivity index (χ1n) is 6.79. The Balaban J connectivity index is 1.75. The summed E-state index contributed by atoms with van der Waals surface area (Å²) in [6.07, 6.45) is 0.863. The predicted octanol–water partition coefficient (Wildman–Crippen LogP) is 3.36. The fourth-order valence-electron chi connectivity index (χ4n) is 2.18. The summed E-state index contributed by atoms with van der Waals surface area (Å²) in [5.41, 5.74) is 7.85. The number of anilines is 1. The molecule has 0 aliphatic heterocycles. The van der Waals surface area contributed by atoms with Crippen LogP contribution >= 0.6 is 11.6 Å². The number of H-pyrrole nitrogens is 1. The Kier molecular flexibility index (Phi) is 4.06. The number of nitrogens with zero attached hydrogens (tertiary/aromatic N) is 2. The molecule has 3 aromatic rings. The third-order valence-corrected chi connectivity index (χ3v) is 3.68. The van der Waals surface area contributed by atoms with E-state index in [1.807, 2.05) is 24.3 Å². The molecule has 22 heavy (non-hydrogen) atoms. The number of hydrogen-bond donors (Lipinski definition) is 2. The molecule has 112 valence electrons. The molecule has 0 amide bonds. The number of benzene rings is 2. The molecule has 0 saturated heterocycles. The van der Waals surface area contributed by atoms with Gasteiger partial charge in [0.1, 0.15) is 11.6 Å². The van der Waals surface area contributed by atoms with Gasteiger partial charge in [-0.3, -0.25) is 5.10 Å². The molecule has 0 atom stereocenters. The molecule has 3 N–H and O–H groups in total. The number of nitrogens with one attached hydrogen (secondary N) is 1. The Morgan fingerprint density at radius 1 is 1.09 bits per heavy atom. The van der Waals surface area contributed by atoms with Crippen molar-refractivity contribution in [2.45, 2.75) is 12.8 Å². The Bertz CT molecular complexity index is 763. The van der Waals surface area contributed by atoms with E-state index in [4.69, 9.17) is 17.3 Å². The SMILES string of the molecule is Nc1ccc(Cc2nc(Cc3c(F)cccc3Cl)n[nH]2)cc1. The topological polar surface area (TPSA) is 67.6 Å². The van der Waals surface area contributed by atoms with Crippen molar-refractivity contribution in [3.63, 3.8) is 0 Å². The van der Waals surface area contributed by atoms with Crippen LogP contribution in [0.1, 0.15) is 22.8 Å². The smallest absolute Gasteiger partial charge is 0.155 e. The lowest BCUT2D eigenvalue weighted by molar-refractivity contribution is 0.612. The summed E-state index contributed by atoms with van der Waals surface area (Å²) in [6, 6.07) is 12.2. The van der Waals surface area contributed by atoms with E-state index in [-0.39, 0.29) is 12.2 Å². The third kappa shape index (κ3) is 3.26. The van der Waals surface area contributed by atoms with E-state index >= 15 is 0 Å². The summed E-state index contributed by atoms with van der Waals surface area (Å²) in [7, 11) is 0. The van der Waals surface area contributed by atoms with Crippen LogP contribution in [0.15, 0.2) is 42.5 Å². The molecule has 1 heterocycles. The summed E-state index contributed by atoms with van der Waals surface area (Å²) in [5.74, 6) is 0.877. The third-order valence-electron chi connectivity index (χ3n) is 3.33. The summed E-state index contributed by atoms with van der Waals surface area (Å²) >= 11 is 6.01. The summed E-state index contributed by atoms with van der Waals surface area (Å²) < 4.78 is 13.8. The van der Waals surface area contributed by atoms with E-state index in [1.165, 1.54) is 6.07 Å². The van der Waals surface area contributed by atoms with Gasteiger partial charge in [0.05, 0.1) is 0 Å². The van der Waals surface area contributed by atoms with Crippen LogP contribution in [0.25, 0.3) is 0 Å². The largest absolute Gasteiger partial charge is 0.399 e. The summed E-state index contributed by atoms with van der Waals surface area (Å²) in [6.45, 7) is 0. The van der Waals surface area contributed by atoms with Crippen LogP contribution in [0, 0.1) is 5.82 Å². The van der Waals surface area contributed by atoms with E-state index in [0.717, 1.165) is 11.3 Å². The number of hydrogen-bond acceptors (Lipinski definition) is 3. The highest BCUT2D eigenvalue weighted by molar-refractivity contribution is 6.31. The van der Waals surface area contributed by atoms with Crippen molar-refractivity contribution in [3.05, 3.63) is 76.1 Å². The van der Waals surface area contributed by atoms with Crippen LogP contribution in [0.5, 0.6) is 0 Å². The van der Waals surface area contributed by atoms with Gasteiger partial charge in [-0.2, -0.15) is 5.10 Å². The standard InChI is InChI=1S/C16H14ClFN4/c17-13-2-1-3-14(18)12(13)9-16-20-15(21-22-16)8-10-4-6-11(19)7-5-10/h1-7H,8-9,19H2,(H,20,21,22). The number of rotatable bonds is 4. The molecular formula is C16H14ClFN4. The van der Waals surface area contributed by atoms with Gasteiger partial charge >= 0.3 is 0 Å². The lowest BCUT2D eigenvalue weighted by Crippen LogP contribution is -1.96. The average Bonchev–Trinajstić information content (AvgIpc) is 2.93. The average molecular weight is 317 g/mol. The molecule has 3 rings (SSSR count). The van der Waals surface area contributed by atoms with Crippen molar-refractivity contribution in [1.82, 2.24) is 15.2 Å². The zero-order valence-corrected chi connectivity index (χ0v) is 12.4. The number of halogens is 2. The quantitative estimate of drug-likeness (QED) is 0.725. The second-order valence-electron chi connectivity index (χ2n) is 4.99. The minimum absolute atomic E-state index is 0.254. The maximum absolute atomic E-state index is 13.8. The van der Waals surface area contributed by atoms with E-state index in [2.05, 4.69) is 15.2 Å². The Labute approximate surface area is 132 Å². The van der Waals surface area contributed by atoms with Gasteiger partial charge in [-0.1, -0.05) is 29.8 Å². The molecule has 0 fully saturated rings. The maximum Gasteiger partial charge on any atom is 0.155 e. The first-order chi connectivity index (χ1) is 10.6. The van der Waals surface area contributed by atoms with Gasteiger partial charge in [-0.25, -0.2) is 9.37 Å². The molecule has 0 radical (unpaired) electrons. The monoisotopic (exact) mass is 316 g/mol. The zero-order valence-electron chi connectivity index (χ0n) is 11.7. The lowest BCUT2D eigenvalue weighted by atomic mass is 10.1. The van der Waals surface area contributed by atoms with Crippen molar-refractivity contribution in [1.29, 1.82) is 0 Å². The first kappa shape index (κ1) is 14.5. The van der Waals surface area contributed by atoms with E-state index in [0.29, 0.717) is 28.7 Å². The van der Waals surface area contributed by atoms with E-state index < -0.39 is 0 Å². The van der Waals surface area contributed by atoms with Crippen molar-refractivity contribution >= 4 is 17.3 Å². The van der Waals surface area contributed by atoms with Crippen molar-refractivity contribution in [2.75, 3.05) is 5.73 Å². The molecule has 1 aromatic heterocycles. The van der Waals surface area contributed by atoms with Crippen molar-refractivity contribution in [3.8, 4) is 0 Å². The molecule has 0 unspecified atom stereocenters. The highest BCUT2D eigenvalue weighted by Gasteiger charge is 2.11. The van der Waals surface area contributed by atoms with Gasteiger partial charge in [0.25, 0.3) is 0 Å². The van der Waals surface area contributed by atoms with Gasteiger partial charge in [0.2, 0.25) is 0 Å². The second kappa shape index (κ2) is 6.15. The van der Waals surface area contributed by atoms with E-state index in [9.17, 15) is 4.39 Å². The predicted molar refractivity (Wildman–Crippen MR) is 84.3 cm³/mol. The van der Waals surface area contributed by atoms with Crippen LogP contribution in [0.4, 0.5) is 10.1 Å². The number of nitrogen functional groups attached to an aromatic ring is 1. The summed E-state index contributed by atoms with van der Waals surface area (Å²) in [4.78, 5) is 4.38. The number of nitrogens with two attached hydrogens (primary N) is 1. The number of aromatic nitrogens is 3. The molecule has 0 aliphatic carbocycles. The summed E-state index contributed by atoms with van der Waals surface area (Å²) in [5, 5.41) is 7.37. The molecule has 2 aromatic carbocycles. The van der Waals surface area contributed by atoms with Gasteiger partial charge in [0, 0.05) is 29.1 Å². The molecule has 0 bridgehead atoms. The molecular weight excluding hydrogens is 303 g/mol. The fraction of sp³-hybridized carbons (Fsp3) is 0.125. The van der Waals surface area contributed by atoms with Crippen LogP contribution in [0.2, 0.25) is 5.02 Å². The molecule has 4 nitrogen and oxygen atoms in total. The van der Waals surface area contributed by atoms with Crippen LogP contribution in [-0.2, 0) is 12.8 Å². The van der Waals surface area contributed by atoms with Gasteiger partial charge < -0.3 is 5.73 Å². The lowest BCUT2D eigenvalue weighted by Gasteiger charge is -2.02. The van der Waals surface area contributed by atoms with E-state index in [1.54, 1.807) is 12.1 Å². The Hall–Kier alpha value is -2.40. The minimum Gasteiger partial charge on any atom is -0.399 e. The van der Waals surface area contributed by atoms with Gasteiger partial charge in [-0.05, 0) is 29.8 Å². The van der Waals surface area contributed by atoms with Crippen molar-refractivity contribution in [2.24, 2.45) is 0 Å². The molecule has 0 saturated carbocycles. The Morgan fingerprint density at radius 3 is 2.59 bits per heavy atom.